The minimum atomic E-state index is -4.47. The van der Waals surface area contributed by atoms with Crippen molar-refractivity contribution in [2.45, 2.75) is 44.3 Å². The van der Waals surface area contributed by atoms with Crippen molar-refractivity contribution in [1.29, 1.82) is 0 Å². The number of hydrogen-bond donors (Lipinski definition) is 1. The Bertz CT molecular complexity index is 1150. The van der Waals surface area contributed by atoms with E-state index < -0.39 is 11.7 Å². The molecule has 0 saturated carbocycles. The summed E-state index contributed by atoms with van der Waals surface area (Å²) in [6.07, 6.45) is -1.93. The first-order valence-corrected chi connectivity index (χ1v) is 10.8. The molecule has 10 heteroatoms. The van der Waals surface area contributed by atoms with Gasteiger partial charge in [-0.15, -0.1) is 10.2 Å². The highest BCUT2D eigenvalue weighted by molar-refractivity contribution is 5.94. The first kappa shape index (κ1) is 22.8. The second-order valence-electron chi connectivity index (χ2n) is 8.33. The van der Waals surface area contributed by atoms with Crippen LogP contribution in [0.4, 0.5) is 13.2 Å². The number of amides is 2. The van der Waals surface area contributed by atoms with Gasteiger partial charge < -0.3 is 10.2 Å². The van der Waals surface area contributed by atoms with Crippen LogP contribution in [0.1, 0.15) is 53.8 Å². The molecule has 2 unspecified atom stereocenters. The summed E-state index contributed by atoms with van der Waals surface area (Å²) < 4.78 is 40.8. The van der Waals surface area contributed by atoms with Crippen LogP contribution in [0.15, 0.2) is 48.7 Å². The predicted octanol–water partition coefficient (Wildman–Crippen LogP) is 3.66. The van der Waals surface area contributed by atoms with Crippen LogP contribution in [0.2, 0.25) is 0 Å². The smallest absolute Gasteiger partial charge is 0.349 e. The van der Waals surface area contributed by atoms with Crippen molar-refractivity contribution in [2.75, 3.05) is 13.1 Å². The van der Waals surface area contributed by atoms with Gasteiger partial charge in [0.1, 0.15) is 5.82 Å². The van der Waals surface area contributed by atoms with Gasteiger partial charge in [-0.3, -0.25) is 14.0 Å². The molecule has 0 bridgehead atoms. The van der Waals surface area contributed by atoms with Crippen LogP contribution in [-0.4, -0.2) is 50.4 Å². The minimum absolute atomic E-state index is 0.120. The Hall–Kier alpha value is -3.43. The molecular weight excluding hydrogens is 435 g/mol. The third-order valence-corrected chi connectivity index (χ3v) is 5.79. The van der Waals surface area contributed by atoms with Gasteiger partial charge in [0.25, 0.3) is 5.91 Å². The molecule has 174 valence electrons. The van der Waals surface area contributed by atoms with E-state index in [0.717, 1.165) is 12.3 Å². The van der Waals surface area contributed by atoms with Crippen LogP contribution in [-0.2, 0) is 11.0 Å². The van der Waals surface area contributed by atoms with Crippen LogP contribution in [0.25, 0.3) is 5.65 Å². The van der Waals surface area contributed by atoms with Crippen molar-refractivity contribution in [2.24, 2.45) is 0 Å². The number of rotatable bonds is 5. The maximum absolute atomic E-state index is 13.1. The molecule has 33 heavy (non-hydrogen) atoms. The number of fused-ring (bicyclic) bond motifs is 1. The molecule has 1 aliphatic rings. The van der Waals surface area contributed by atoms with Gasteiger partial charge in [-0.25, -0.2) is 0 Å². The van der Waals surface area contributed by atoms with E-state index in [1.54, 1.807) is 36.1 Å². The summed E-state index contributed by atoms with van der Waals surface area (Å²) in [7, 11) is 0. The summed E-state index contributed by atoms with van der Waals surface area (Å²) in [5, 5.41) is 10.9. The molecule has 0 radical (unpaired) electrons. The molecule has 0 spiro atoms. The van der Waals surface area contributed by atoms with E-state index in [9.17, 15) is 22.8 Å². The lowest BCUT2D eigenvalue weighted by molar-refractivity contribution is -0.138. The SMILES string of the molecule is CC(CC(=O)N1CCCC(c2nnc3ccc(C(F)(F)F)cn23)C1)NC(=O)c1ccccc1. The number of benzene rings is 1. The van der Waals surface area contributed by atoms with Crippen LogP contribution in [0.3, 0.4) is 0 Å². The van der Waals surface area contributed by atoms with Crippen LogP contribution in [0, 0.1) is 0 Å². The minimum Gasteiger partial charge on any atom is -0.349 e. The van der Waals surface area contributed by atoms with Gasteiger partial charge in [0.15, 0.2) is 5.65 Å². The van der Waals surface area contributed by atoms with Crippen LogP contribution >= 0.6 is 0 Å². The number of nitrogens with zero attached hydrogens (tertiary/aromatic N) is 4. The van der Waals surface area contributed by atoms with E-state index >= 15 is 0 Å². The van der Waals surface area contributed by atoms with Crippen molar-refractivity contribution in [1.82, 2.24) is 24.8 Å². The molecule has 1 saturated heterocycles. The summed E-state index contributed by atoms with van der Waals surface area (Å²) in [4.78, 5) is 26.9. The van der Waals surface area contributed by atoms with Crippen molar-refractivity contribution >= 4 is 17.5 Å². The maximum atomic E-state index is 13.1. The number of carbonyl (C=O) groups excluding carboxylic acids is 2. The molecule has 7 nitrogen and oxygen atoms in total. The molecule has 0 aliphatic carbocycles. The van der Waals surface area contributed by atoms with Gasteiger partial charge in [-0.1, -0.05) is 18.2 Å². The number of carbonyl (C=O) groups is 2. The highest BCUT2D eigenvalue weighted by Gasteiger charge is 2.33. The largest absolute Gasteiger partial charge is 0.417 e. The molecule has 2 atom stereocenters. The van der Waals surface area contributed by atoms with E-state index in [-0.39, 0.29) is 30.2 Å². The van der Waals surface area contributed by atoms with Crippen molar-refractivity contribution in [3.63, 3.8) is 0 Å². The molecule has 3 heterocycles. The molecule has 3 aromatic rings. The average molecular weight is 459 g/mol. The lowest BCUT2D eigenvalue weighted by Crippen LogP contribution is -2.43. The van der Waals surface area contributed by atoms with Gasteiger partial charge >= 0.3 is 6.18 Å². The van der Waals surface area contributed by atoms with Crippen molar-refractivity contribution in [3.8, 4) is 0 Å². The molecule has 1 N–H and O–H groups in total. The fourth-order valence-electron chi connectivity index (χ4n) is 4.11. The average Bonchev–Trinajstić information content (AvgIpc) is 3.22. The molecule has 2 aromatic heterocycles. The zero-order valence-corrected chi connectivity index (χ0v) is 18.0. The summed E-state index contributed by atoms with van der Waals surface area (Å²) in [5.41, 5.74) is 0.0771. The maximum Gasteiger partial charge on any atom is 0.417 e. The first-order chi connectivity index (χ1) is 15.7. The number of hydrogen-bond acceptors (Lipinski definition) is 4. The van der Waals surface area contributed by atoms with Crippen molar-refractivity contribution < 1.29 is 22.8 Å². The Morgan fingerprint density at radius 2 is 1.91 bits per heavy atom. The zero-order valence-electron chi connectivity index (χ0n) is 18.0. The Kier molecular flexibility index (Phi) is 6.35. The number of alkyl halides is 3. The standard InChI is InChI=1S/C23H24F3N5O2/c1-15(27-22(33)16-6-3-2-4-7-16)12-20(32)30-11-5-8-17(13-30)21-29-28-19-10-9-18(14-31(19)21)23(24,25)26/h2-4,6-7,9-10,14-15,17H,5,8,11-13H2,1H3,(H,27,33). The predicted molar refractivity (Wildman–Crippen MR) is 115 cm³/mol. The van der Waals surface area contributed by atoms with Crippen LogP contribution in [0.5, 0.6) is 0 Å². The molecule has 1 aromatic carbocycles. The Morgan fingerprint density at radius 3 is 2.64 bits per heavy atom. The summed E-state index contributed by atoms with van der Waals surface area (Å²) in [6, 6.07) is 10.7. The highest BCUT2D eigenvalue weighted by Crippen LogP contribution is 2.31. The summed E-state index contributed by atoms with van der Waals surface area (Å²) >= 11 is 0. The molecule has 1 fully saturated rings. The summed E-state index contributed by atoms with van der Waals surface area (Å²) in [6.45, 7) is 2.67. The normalized spacial score (nSPS) is 17.7. The van der Waals surface area contributed by atoms with Gasteiger partial charge in [0.05, 0.1) is 5.56 Å². The van der Waals surface area contributed by atoms with E-state index in [2.05, 4.69) is 15.5 Å². The van der Waals surface area contributed by atoms with E-state index in [0.29, 0.717) is 43.0 Å². The second kappa shape index (κ2) is 9.21. The topological polar surface area (TPSA) is 79.6 Å². The monoisotopic (exact) mass is 459 g/mol. The lowest BCUT2D eigenvalue weighted by atomic mass is 9.96. The first-order valence-electron chi connectivity index (χ1n) is 10.8. The van der Waals surface area contributed by atoms with E-state index in [4.69, 9.17) is 0 Å². The fourth-order valence-corrected chi connectivity index (χ4v) is 4.11. The third-order valence-electron chi connectivity index (χ3n) is 5.79. The number of halogens is 3. The fraction of sp³-hybridized carbons (Fsp3) is 0.391. The number of piperidine rings is 1. The third kappa shape index (κ3) is 5.15. The Labute approximate surface area is 188 Å². The van der Waals surface area contributed by atoms with Gasteiger partial charge in [-0.2, -0.15) is 13.2 Å². The van der Waals surface area contributed by atoms with E-state index in [1.165, 1.54) is 10.5 Å². The van der Waals surface area contributed by atoms with Crippen molar-refractivity contribution in [3.05, 3.63) is 65.6 Å². The summed E-state index contributed by atoms with van der Waals surface area (Å²) in [5.74, 6) is -0.178. The Morgan fingerprint density at radius 1 is 1.15 bits per heavy atom. The molecule has 2 amide bonds. The quantitative estimate of drug-likeness (QED) is 0.632. The van der Waals surface area contributed by atoms with Crippen LogP contribution < -0.4 is 5.32 Å². The van der Waals surface area contributed by atoms with Gasteiger partial charge in [-0.05, 0) is 44.0 Å². The van der Waals surface area contributed by atoms with Gasteiger partial charge in [0.2, 0.25) is 5.91 Å². The molecule has 1 aliphatic heterocycles. The molecular formula is C23H24F3N5O2. The lowest BCUT2D eigenvalue weighted by Gasteiger charge is -2.32. The number of likely N-dealkylation sites (tertiary alicyclic amines) is 1. The zero-order chi connectivity index (χ0) is 23.6. The second-order valence-corrected chi connectivity index (χ2v) is 8.33. The Balaban J connectivity index is 1.42. The number of pyridine rings is 1. The number of aromatic nitrogens is 3. The van der Waals surface area contributed by atoms with Gasteiger partial charge in [0, 0.05) is 43.2 Å². The number of nitrogens with one attached hydrogen (secondary N) is 1. The molecule has 4 rings (SSSR count). The highest BCUT2D eigenvalue weighted by atomic mass is 19.4. The van der Waals surface area contributed by atoms with E-state index in [1.807, 2.05) is 6.07 Å².